The first-order valence-electron chi connectivity index (χ1n) is 6.80. The van der Waals surface area contributed by atoms with E-state index in [9.17, 15) is 0 Å². The molecule has 0 bridgehead atoms. The van der Waals surface area contributed by atoms with E-state index in [0.29, 0.717) is 46.2 Å². The Morgan fingerprint density at radius 1 is 0.684 bits per heavy atom. The predicted octanol–water partition coefficient (Wildman–Crippen LogP) is -0.189. The number of ether oxygens (including phenoxy) is 4. The summed E-state index contributed by atoms with van der Waals surface area (Å²) in [5.74, 6) is 0. The summed E-state index contributed by atoms with van der Waals surface area (Å²) < 4.78 is 21.6. The smallest absolute Gasteiger partial charge is 0.154 e. The van der Waals surface area contributed by atoms with E-state index in [1.54, 1.807) is 0 Å². The Labute approximate surface area is 120 Å². The Hall–Kier alpha value is 0.0500. The van der Waals surface area contributed by atoms with Crippen LogP contribution in [0.4, 0.5) is 0 Å². The van der Waals surface area contributed by atoms with E-state index in [2.05, 4.69) is 10.6 Å². The Balaban J connectivity index is 2.08. The molecule has 0 aromatic carbocycles. The van der Waals surface area contributed by atoms with Crippen LogP contribution in [0.5, 0.6) is 0 Å². The predicted molar refractivity (Wildman–Crippen MR) is 73.8 cm³/mol. The zero-order chi connectivity index (χ0) is 13.6. The standard InChI is InChI=1S/C12H25ClN2O4/c13-12-11-18-7-3-14-1-5-16-9-10-17-6-2-15-4-8-19-12/h12,14-15H,1-11H2. The number of hydrogen-bond donors (Lipinski definition) is 2. The third kappa shape index (κ3) is 11.6. The first-order valence-corrected chi connectivity index (χ1v) is 7.23. The number of nitrogens with one attached hydrogen (secondary N) is 2. The molecule has 6 nitrogen and oxygen atoms in total. The van der Waals surface area contributed by atoms with E-state index in [4.69, 9.17) is 30.5 Å². The normalized spacial score (nSPS) is 27.3. The molecule has 0 aromatic heterocycles. The van der Waals surface area contributed by atoms with Crippen molar-refractivity contribution in [2.24, 2.45) is 0 Å². The maximum Gasteiger partial charge on any atom is 0.154 e. The number of rotatable bonds is 0. The van der Waals surface area contributed by atoms with Gasteiger partial charge in [-0.1, -0.05) is 11.6 Å². The first-order chi connectivity index (χ1) is 9.39. The fraction of sp³-hybridized carbons (Fsp3) is 1.00. The van der Waals surface area contributed by atoms with Crippen molar-refractivity contribution in [3.63, 3.8) is 0 Å². The third-order valence-corrected chi connectivity index (χ3v) is 2.72. The van der Waals surface area contributed by atoms with Gasteiger partial charge >= 0.3 is 0 Å². The molecule has 1 rings (SSSR count). The topological polar surface area (TPSA) is 61.0 Å². The molecule has 2 N–H and O–H groups in total. The molecule has 1 aliphatic rings. The molecule has 0 amide bonds. The second kappa shape index (κ2) is 13.1. The lowest BCUT2D eigenvalue weighted by Crippen LogP contribution is -2.28. The van der Waals surface area contributed by atoms with Gasteiger partial charge in [-0.2, -0.15) is 0 Å². The van der Waals surface area contributed by atoms with Crippen molar-refractivity contribution in [2.45, 2.75) is 5.56 Å². The van der Waals surface area contributed by atoms with Crippen LogP contribution in [0.1, 0.15) is 0 Å². The summed E-state index contributed by atoms with van der Waals surface area (Å²) in [5, 5.41) is 6.43. The summed E-state index contributed by atoms with van der Waals surface area (Å²) in [5.41, 5.74) is -0.389. The van der Waals surface area contributed by atoms with Crippen molar-refractivity contribution in [3.05, 3.63) is 0 Å². The van der Waals surface area contributed by atoms with Gasteiger partial charge in [-0.3, -0.25) is 0 Å². The van der Waals surface area contributed by atoms with Gasteiger partial charge in [-0.15, -0.1) is 0 Å². The van der Waals surface area contributed by atoms with Crippen LogP contribution < -0.4 is 10.6 Å². The Morgan fingerprint density at radius 3 is 1.84 bits per heavy atom. The Kier molecular flexibility index (Phi) is 11.7. The summed E-state index contributed by atoms with van der Waals surface area (Å²) in [7, 11) is 0. The molecular formula is C12H25ClN2O4. The summed E-state index contributed by atoms with van der Waals surface area (Å²) in [4.78, 5) is 0. The lowest BCUT2D eigenvalue weighted by molar-refractivity contribution is 0.0230. The molecule has 1 atom stereocenters. The summed E-state index contributed by atoms with van der Waals surface area (Å²) in [6.07, 6.45) is 0. The highest BCUT2D eigenvalue weighted by Crippen LogP contribution is 1.98. The maximum atomic E-state index is 5.95. The molecule has 1 aliphatic heterocycles. The van der Waals surface area contributed by atoms with Gasteiger partial charge in [-0.25, -0.2) is 0 Å². The third-order valence-electron chi connectivity index (χ3n) is 2.47. The second-order valence-electron chi connectivity index (χ2n) is 4.08. The summed E-state index contributed by atoms with van der Waals surface area (Å²) in [6, 6.07) is 0. The van der Waals surface area contributed by atoms with Crippen LogP contribution >= 0.6 is 11.6 Å². The van der Waals surface area contributed by atoms with Crippen LogP contribution in [0.2, 0.25) is 0 Å². The monoisotopic (exact) mass is 296 g/mol. The molecule has 1 saturated heterocycles. The minimum atomic E-state index is -0.389. The van der Waals surface area contributed by atoms with Gasteiger partial charge in [0, 0.05) is 26.2 Å². The molecule has 0 saturated carbocycles. The molecule has 1 heterocycles. The molecule has 0 radical (unpaired) electrons. The van der Waals surface area contributed by atoms with E-state index in [1.807, 2.05) is 0 Å². The van der Waals surface area contributed by atoms with Gasteiger partial charge in [0.05, 0.1) is 46.2 Å². The molecule has 19 heavy (non-hydrogen) atoms. The van der Waals surface area contributed by atoms with Crippen LogP contribution in [0, 0.1) is 0 Å². The van der Waals surface area contributed by atoms with Gasteiger partial charge in [0.1, 0.15) is 0 Å². The van der Waals surface area contributed by atoms with Gasteiger partial charge < -0.3 is 29.6 Å². The minimum Gasteiger partial charge on any atom is -0.378 e. The lowest BCUT2D eigenvalue weighted by atomic mass is 10.6. The van der Waals surface area contributed by atoms with E-state index in [0.717, 1.165) is 26.2 Å². The number of alkyl halides is 1. The van der Waals surface area contributed by atoms with Crippen LogP contribution in [0.3, 0.4) is 0 Å². The molecule has 0 spiro atoms. The highest BCUT2D eigenvalue weighted by molar-refractivity contribution is 6.19. The molecule has 7 heteroatoms. The zero-order valence-corrected chi connectivity index (χ0v) is 12.1. The largest absolute Gasteiger partial charge is 0.378 e. The van der Waals surface area contributed by atoms with Gasteiger partial charge in [0.15, 0.2) is 5.56 Å². The van der Waals surface area contributed by atoms with Crippen LogP contribution in [0.25, 0.3) is 0 Å². The fourth-order valence-electron chi connectivity index (χ4n) is 1.49. The van der Waals surface area contributed by atoms with Gasteiger partial charge in [0.25, 0.3) is 0 Å². The minimum absolute atomic E-state index is 0.389. The van der Waals surface area contributed by atoms with Crippen molar-refractivity contribution in [3.8, 4) is 0 Å². The second-order valence-corrected chi connectivity index (χ2v) is 4.57. The molecule has 114 valence electrons. The van der Waals surface area contributed by atoms with Crippen molar-refractivity contribution < 1.29 is 18.9 Å². The lowest BCUT2D eigenvalue weighted by Gasteiger charge is -2.13. The number of hydrogen-bond acceptors (Lipinski definition) is 6. The van der Waals surface area contributed by atoms with Crippen LogP contribution in [-0.2, 0) is 18.9 Å². The number of halogens is 1. The Morgan fingerprint density at radius 2 is 1.21 bits per heavy atom. The zero-order valence-electron chi connectivity index (χ0n) is 11.4. The Bertz CT molecular complexity index is 183. The molecule has 1 fully saturated rings. The van der Waals surface area contributed by atoms with Crippen LogP contribution in [-0.4, -0.2) is 78.0 Å². The van der Waals surface area contributed by atoms with Gasteiger partial charge in [-0.05, 0) is 0 Å². The van der Waals surface area contributed by atoms with Crippen molar-refractivity contribution in [1.82, 2.24) is 10.6 Å². The van der Waals surface area contributed by atoms with E-state index in [1.165, 1.54) is 0 Å². The molecule has 0 aliphatic carbocycles. The van der Waals surface area contributed by atoms with Crippen molar-refractivity contribution in [1.29, 1.82) is 0 Å². The van der Waals surface area contributed by atoms with E-state index in [-0.39, 0.29) is 5.56 Å². The van der Waals surface area contributed by atoms with Crippen molar-refractivity contribution >= 4 is 11.6 Å². The quantitative estimate of drug-likeness (QED) is 0.604. The fourth-order valence-corrected chi connectivity index (χ4v) is 1.67. The average Bonchev–Trinajstić information content (AvgIpc) is 2.41. The summed E-state index contributed by atoms with van der Waals surface area (Å²) in [6.45, 7) is 7.36. The van der Waals surface area contributed by atoms with Crippen LogP contribution in [0.15, 0.2) is 0 Å². The highest BCUT2D eigenvalue weighted by Gasteiger charge is 2.04. The summed E-state index contributed by atoms with van der Waals surface area (Å²) >= 11 is 5.95. The molecule has 1 unspecified atom stereocenters. The van der Waals surface area contributed by atoms with E-state index < -0.39 is 0 Å². The van der Waals surface area contributed by atoms with E-state index >= 15 is 0 Å². The first kappa shape index (κ1) is 17.1. The average molecular weight is 297 g/mol. The maximum absolute atomic E-state index is 5.95. The molecule has 0 aromatic rings. The SMILES string of the molecule is ClC1COCCNCCOCCOCCNCCO1. The van der Waals surface area contributed by atoms with Gasteiger partial charge in [0.2, 0.25) is 0 Å². The van der Waals surface area contributed by atoms with Crippen molar-refractivity contribution in [2.75, 3.05) is 72.4 Å². The highest BCUT2D eigenvalue weighted by atomic mass is 35.5. The molecular weight excluding hydrogens is 272 g/mol.